The molecule has 0 fully saturated rings. The second-order valence-corrected chi connectivity index (χ2v) is 6.55. The normalized spacial score (nSPS) is 11.1. The lowest BCUT2D eigenvalue weighted by molar-refractivity contribution is 0.970. The monoisotopic (exact) mass is 337 g/mol. The van der Waals surface area contributed by atoms with E-state index in [9.17, 15) is 0 Å². The second-order valence-electron chi connectivity index (χ2n) is 5.58. The van der Waals surface area contributed by atoms with Crippen LogP contribution in [0.4, 0.5) is 5.95 Å². The highest BCUT2D eigenvalue weighted by molar-refractivity contribution is 7.99. The van der Waals surface area contributed by atoms with Gasteiger partial charge < -0.3 is 0 Å². The highest BCUT2D eigenvalue weighted by atomic mass is 32.2. The first-order chi connectivity index (χ1) is 11.6. The average molecular weight is 337 g/mol. The average Bonchev–Trinajstić information content (AvgIpc) is 2.99. The van der Waals surface area contributed by atoms with Gasteiger partial charge in [0.25, 0.3) is 0 Å². The fourth-order valence-corrected chi connectivity index (χ4v) is 3.32. The summed E-state index contributed by atoms with van der Waals surface area (Å²) < 4.78 is 0. The molecule has 0 saturated heterocycles. The number of H-pyrrole nitrogens is 1. The Morgan fingerprint density at radius 2 is 1.79 bits per heavy atom. The van der Waals surface area contributed by atoms with E-state index in [1.165, 1.54) is 21.6 Å². The van der Waals surface area contributed by atoms with Crippen molar-refractivity contribution in [3.8, 4) is 0 Å². The largest absolute Gasteiger partial charge is 0.246 e. The van der Waals surface area contributed by atoms with E-state index in [-0.39, 0.29) is 0 Å². The van der Waals surface area contributed by atoms with Crippen molar-refractivity contribution in [2.24, 2.45) is 5.10 Å². The Hall–Kier alpha value is -2.60. The van der Waals surface area contributed by atoms with Gasteiger partial charge in [0.15, 0.2) is 0 Å². The van der Waals surface area contributed by atoms with Crippen LogP contribution in [0.2, 0.25) is 0 Å². The number of aromatic amines is 1. The number of hydrogen-bond donors (Lipinski definition) is 2. The third-order valence-electron chi connectivity index (χ3n) is 3.45. The smallest absolute Gasteiger partial charge is 0.240 e. The van der Waals surface area contributed by atoms with Gasteiger partial charge in [0.1, 0.15) is 0 Å². The number of aryl methyl sites for hydroxylation is 3. The van der Waals surface area contributed by atoms with Crippen molar-refractivity contribution in [2.75, 3.05) is 5.43 Å². The van der Waals surface area contributed by atoms with E-state index < -0.39 is 0 Å². The van der Waals surface area contributed by atoms with Gasteiger partial charge in [0, 0.05) is 4.90 Å². The van der Waals surface area contributed by atoms with Crippen LogP contribution in [0.5, 0.6) is 0 Å². The minimum Gasteiger partial charge on any atom is -0.246 e. The summed E-state index contributed by atoms with van der Waals surface area (Å²) in [5, 5.41) is 11.9. The predicted molar refractivity (Wildman–Crippen MR) is 98.8 cm³/mol. The van der Waals surface area contributed by atoms with E-state index in [4.69, 9.17) is 0 Å². The Balaban J connectivity index is 1.67. The SMILES string of the molecule is Cc1cc(C)c(Sc2n[nH]c(N/N=C/c3ccccc3)n2)c(C)c1. The van der Waals surface area contributed by atoms with Crippen molar-refractivity contribution < 1.29 is 0 Å². The summed E-state index contributed by atoms with van der Waals surface area (Å²) in [6.07, 6.45) is 1.74. The summed E-state index contributed by atoms with van der Waals surface area (Å²) >= 11 is 1.55. The zero-order valence-electron chi connectivity index (χ0n) is 13.9. The van der Waals surface area contributed by atoms with Crippen molar-refractivity contribution in [1.29, 1.82) is 0 Å². The molecule has 122 valence electrons. The van der Waals surface area contributed by atoms with Crippen molar-refractivity contribution in [2.45, 2.75) is 30.8 Å². The summed E-state index contributed by atoms with van der Waals surface area (Å²) in [5.41, 5.74) is 7.62. The van der Waals surface area contributed by atoms with Gasteiger partial charge in [0.05, 0.1) is 6.21 Å². The maximum absolute atomic E-state index is 4.41. The lowest BCUT2D eigenvalue weighted by Crippen LogP contribution is -1.92. The fourth-order valence-electron chi connectivity index (χ4n) is 2.47. The number of aromatic nitrogens is 3. The molecule has 5 nitrogen and oxygen atoms in total. The molecule has 6 heteroatoms. The molecule has 0 saturated carbocycles. The van der Waals surface area contributed by atoms with Crippen molar-refractivity contribution in [1.82, 2.24) is 15.2 Å². The predicted octanol–water partition coefficient (Wildman–Crippen LogP) is 4.33. The van der Waals surface area contributed by atoms with E-state index in [0.29, 0.717) is 11.1 Å². The van der Waals surface area contributed by atoms with Crippen molar-refractivity contribution >= 4 is 23.9 Å². The van der Waals surface area contributed by atoms with Crippen molar-refractivity contribution in [3.63, 3.8) is 0 Å². The molecule has 24 heavy (non-hydrogen) atoms. The molecule has 0 radical (unpaired) electrons. The fraction of sp³-hybridized carbons (Fsp3) is 0.167. The molecule has 0 aliphatic rings. The molecule has 3 rings (SSSR count). The van der Waals surface area contributed by atoms with Crippen LogP contribution in [0.15, 0.2) is 57.6 Å². The van der Waals surface area contributed by atoms with E-state index in [1.54, 1.807) is 18.0 Å². The molecule has 0 unspecified atom stereocenters. The lowest BCUT2D eigenvalue weighted by Gasteiger charge is -2.08. The maximum atomic E-state index is 4.41. The van der Waals surface area contributed by atoms with Crippen LogP contribution >= 0.6 is 11.8 Å². The van der Waals surface area contributed by atoms with Crippen LogP contribution in [0.3, 0.4) is 0 Å². The van der Waals surface area contributed by atoms with Crippen molar-refractivity contribution in [3.05, 3.63) is 64.7 Å². The number of hydrazone groups is 1. The van der Waals surface area contributed by atoms with Crippen LogP contribution in [0, 0.1) is 20.8 Å². The van der Waals surface area contributed by atoms with Crippen LogP contribution in [-0.2, 0) is 0 Å². The van der Waals surface area contributed by atoms with Gasteiger partial charge in [0.2, 0.25) is 11.1 Å². The third kappa shape index (κ3) is 4.02. The van der Waals surface area contributed by atoms with E-state index in [2.05, 4.69) is 58.6 Å². The van der Waals surface area contributed by atoms with Crippen LogP contribution in [-0.4, -0.2) is 21.4 Å². The standard InChI is InChI=1S/C18H19N5S/c1-12-9-13(2)16(14(3)10-12)24-18-20-17(22-23-18)21-19-11-15-7-5-4-6-8-15/h4-11H,1-3H3,(H2,20,21,22,23)/b19-11+. The van der Waals surface area contributed by atoms with Gasteiger partial charge in [-0.15, -0.1) is 5.10 Å². The van der Waals surface area contributed by atoms with Crippen LogP contribution < -0.4 is 5.43 Å². The first kappa shape index (κ1) is 16.3. The summed E-state index contributed by atoms with van der Waals surface area (Å²) in [6.45, 7) is 6.32. The second kappa shape index (κ2) is 7.31. The first-order valence-electron chi connectivity index (χ1n) is 7.64. The Morgan fingerprint density at radius 1 is 1.08 bits per heavy atom. The molecule has 1 aromatic heterocycles. The highest BCUT2D eigenvalue weighted by Gasteiger charge is 2.10. The summed E-state index contributed by atoms with van der Waals surface area (Å²) in [5.74, 6) is 0.520. The molecule has 2 aromatic carbocycles. The molecular formula is C18H19N5S. The minimum atomic E-state index is 0.520. The molecular weight excluding hydrogens is 318 g/mol. The van der Waals surface area contributed by atoms with Gasteiger partial charge in [-0.1, -0.05) is 48.0 Å². The topological polar surface area (TPSA) is 66.0 Å². The number of benzene rings is 2. The third-order valence-corrected chi connectivity index (χ3v) is 4.66. The molecule has 0 amide bonds. The quantitative estimate of drug-likeness (QED) is 0.537. The summed E-state index contributed by atoms with van der Waals surface area (Å²) in [4.78, 5) is 5.61. The van der Waals surface area contributed by atoms with Crippen LogP contribution in [0.25, 0.3) is 0 Å². The number of nitrogens with one attached hydrogen (secondary N) is 2. The van der Waals surface area contributed by atoms with Gasteiger partial charge in [-0.2, -0.15) is 10.1 Å². The summed E-state index contributed by atoms with van der Waals surface area (Å²) in [6, 6.07) is 14.2. The van der Waals surface area contributed by atoms with Gasteiger partial charge in [-0.3, -0.25) is 0 Å². The van der Waals surface area contributed by atoms with E-state index in [0.717, 1.165) is 5.56 Å². The molecule has 0 aliphatic carbocycles. The maximum Gasteiger partial charge on any atom is 0.240 e. The Bertz CT molecular complexity index is 832. The zero-order chi connectivity index (χ0) is 16.9. The lowest BCUT2D eigenvalue weighted by atomic mass is 10.1. The summed E-state index contributed by atoms with van der Waals surface area (Å²) in [7, 11) is 0. The Labute approximate surface area is 145 Å². The molecule has 3 aromatic rings. The molecule has 2 N–H and O–H groups in total. The Kier molecular flexibility index (Phi) is 4.96. The molecule has 0 spiro atoms. The molecule has 0 atom stereocenters. The first-order valence-corrected chi connectivity index (χ1v) is 8.46. The number of anilines is 1. The van der Waals surface area contributed by atoms with Crippen LogP contribution in [0.1, 0.15) is 22.3 Å². The number of hydrogen-bond acceptors (Lipinski definition) is 5. The number of nitrogens with zero attached hydrogens (tertiary/aromatic N) is 3. The Morgan fingerprint density at radius 3 is 2.50 bits per heavy atom. The van der Waals surface area contributed by atoms with Gasteiger partial charge in [-0.05, 0) is 49.2 Å². The number of rotatable bonds is 5. The molecule has 0 aliphatic heterocycles. The zero-order valence-corrected chi connectivity index (χ0v) is 14.7. The molecule has 0 bridgehead atoms. The molecule has 1 heterocycles. The van der Waals surface area contributed by atoms with E-state index in [1.807, 2.05) is 30.3 Å². The highest BCUT2D eigenvalue weighted by Crippen LogP contribution is 2.31. The van der Waals surface area contributed by atoms with Gasteiger partial charge >= 0.3 is 0 Å². The van der Waals surface area contributed by atoms with Gasteiger partial charge in [-0.25, -0.2) is 10.5 Å². The van der Waals surface area contributed by atoms with E-state index >= 15 is 0 Å². The minimum absolute atomic E-state index is 0.520.